The van der Waals surface area contributed by atoms with Crippen molar-refractivity contribution < 1.29 is 14.8 Å². The summed E-state index contributed by atoms with van der Waals surface area (Å²) < 4.78 is 5.82. The Morgan fingerprint density at radius 2 is 2.16 bits per heavy atom. The first kappa shape index (κ1) is 19.5. The zero-order chi connectivity index (χ0) is 18.4. The van der Waals surface area contributed by atoms with Crippen LogP contribution < -0.4 is 9.64 Å². The smallest absolute Gasteiger partial charge is 0.273 e. The second-order valence-electron chi connectivity index (χ2n) is 6.54. The molecule has 2 rings (SSSR count). The molecule has 25 heavy (non-hydrogen) atoms. The Morgan fingerprint density at radius 1 is 1.44 bits per heavy atom. The van der Waals surface area contributed by atoms with Gasteiger partial charge in [-0.25, -0.2) is 0 Å². The second kappa shape index (κ2) is 9.01. The molecule has 1 aliphatic rings. The lowest BCUT2D eigenvalue weighted by Gasteiger charge is -2.27. The SMILES string of the molecule is CCN(CC)CC(O)COc1cc([N+](=O)[O-])ccc1N1CCCC1C. The number of benzene rings is 1. The van der Waals surface area contributed by atoms with Crippen molar-refractivity contribution >= 4 is 11.4 Å². The van der Waals surface area contributed by atoms with Crippen LogP contribution in [0.25, 0.3) is 0 Å². The maximum Gasteiger partial charge on any atom is 0.273 e. The minimum atomic E-state index is -0.636. The van der Waals surface area contributed by atoms with Crippen LogP contribution in [-0.4, -0.2) is 59.9 Å². The molecule has 1 heterocycles. The van der Waals surface area contributed by atoms with E-state index in [1.54, 1.807) is 6.07 Å². The van der Waals surface area contributed by atoms with Gasteiger partial charge < -0.3 is 19.6 Å². The van der Waals surface area contributed by atoms with Crippen molar-refractivity contribution in [2.75, 3.05) is 37.7 Å². The van der Waals surface area contributed by atoms with Gasteiger partial charge >= 0.3 is 0 Å². The van der Waals surface area contributed by atoms with Crippen molar-refractivity contribution in [3.8, 4) is 5.75 Å². The van der Waals surface area contributed by atoms with Crippen LogP contribution in [0.5, 0.6) is 5.75 Å². The highest BCUT2D eigenvalue weighted by Crippen LogP contribution is 2.36. The zero-order valence-corrected chi connectivity index (χ0v) is 15.4. The Morgan fingerprint density at radius 3 is 2.72 bits per heavy atom. The lowest BCUT2D eigenvalue weighted by Crippen LogP contribution is -2.35. The third kappa shape index (κ3) is 5.06. The third-order valence-electron chi connectivity index (χ3n) is 4.81. The van der Waals surface area contributed by atoms with Gasteiger partial charge in [0.2, 0.25) is 0 Å². The van der Waals surface area contributed by atoms with Crippen LogP contribution in [0.3, 0.4) is 0 Å². The number of ether oxygens (including phenoxy) is 1. The molecule has 1 fully saturated rings. The van der Waals surface area contributed by atoms with Gasteiger partial charge in [-0.3, -0.25) is 10.1 Å². The first-order chi connectivity index (χ1) is 12.0. The molecule has 0 radical (unpaired) electrons. The fourth-order valence-corrected chi connectivity index (χ4v) is 3.28. The highest BCUT2D eigenvalue weighted by Gasteiger charge is 2.25. The van der Waals surface area contributed by atoms with Crippen molar-refractivity contribution in [3.63, 3.8) is 0 Å². The predicted molar refractivity (Wildman–Crippen MR) is 98.4 cm³/mol. The van der Waals surface area contributed by atoms with Crippen molar-refractivity contribution in [2.45, 2.75) is 45.8 Å². The molecule has 7 heteroatoms. The molecule has 0 bridgehead atoms. The average molecular weight is 351 g/mol. The first-order valence-electron chi connectivity index (χ1n) is 9.04. The van der Waals surface area contributed by atoms with Crippen LogP contribution in [0, 0.1) is 10.1 Å². The Hall–Kier alpha value is -1.86. The van der Waals surface area contributed by atoms with E-state index in [2.05, 4.69) is 16.7 Å². The maximum absolute atomic E-state index is 11.1. The molecule has 7 nitrogen and oxygen atoms in total. The van der Waals surface area contributed by atoms with E-state index in [-0.39, 0.29) is 12.3 Å². The van der Waals surface area contributed by atoms with E-state index in [4.69, 9.17) is 4.74 Å². The van der Waals surface area contributed by atoms with E-state index >= 15 is 0 Å². The molecule has 0 spiro atoms. The molecule has 1 N–H and O–H groups in total. The number of anilines is 1. The first-order valence-corrected chi connectivity index (χ1v) is 9.04. The molecular weight excluding hydrogens is 322 g/mol. The third-order valence-corrected chi connectivity index (χ3v) is 4.81. The number of rotatable bonds is 9. The van der Waals surface area contributed by atoms with Crippen LogP contribution in [-0.2, 0) is 0 Å². The number of aliphatic hydroxyl groups excluding tert-OH is 1. The fraction of sp³-hybridized carbons (Fsp3) is 0.667. The molecule has 0 aliphatic carbocycles. The summed E-state index contributed by atoms with van der Waals surface area (Å²) >= 11 is 0. The van der Waals surface area contributed by atoms with Gasteiger partial charge in [0.25, 0.3) is 5.69 Å². The van der Waals surface area contributed by atoms with Crippen LogP contribution in [0.2, 0.25) is 0 Å². The standard InChI is InChI=1S/C18H29N3O4/c1-4-19(5-2)12-16(22)13-25-18-11-15(21(23)24)8-9-17(18)20-10-6-7-14(20)3/h8-9,11,14,16,22H,4-7,10,12-13H2,1-3H3. The minimum absolute atomic E-state index is 0.00355. The summed E-state index contributed by atoms with van der Waals surface area (Å²) in [7, 11) is 0. The lowest BCUT2D eigenvalue weighted by molar-refractivity contribution is -0.384. The maximum atomic E-state index is 11.1. The number of hydrogen-bond acceptors (Lipinski definition) is 6. The van der Waals surface area contributed by atoms with Gasteiger partial charge in [0.1, 0.15) is 18.5 Å². The van der Waals surface area contributed by atoms with Gasteiger partial charge in [-0.05, 0) is 38.9 Å². The zero-order valence-electron chi connectivity index (χ0n) is 15.4. The van der Waals surface area contributed by atoms with E-state index in [1.807, 2.05) is 13.8 Å². The average Bonchev–Trinajstić information content (AvgIpc) is 3.03. The van der Waals surface area contributed by atoms with Crippen molar-refractivity contribution in [3.05, 3.63) is 28.3 Å². The molecule has 2 atom stereocenters. The van der Waals surface area contributed by atoms with Crippen LogP contribution in [0.1, 0.15) is 33.6 Å². The van der Waals surface area contributed by atoms with Gasteiger partial charge in [-0.2, -0.15) is 0 Å². The molecule has 0 amide bonds. The predicted octanol–water partition coefficient (Wildman–Crippen LogP) is 2.67. The van der Waals surface area contributed by atoms with E-state index < -0.39 is 11.0 Å². The molecule has 0 saturated carbocycles. The molecular formula is C18H29N3O4. The molecule has 1 aromatic carbocycles. The van der Waals surface area contributed by atoms with E-state index in [0.717, 1.165) is 38.2 Å². The van der Waals surface area contributed by atoms with E-state index in [0.29, 0.717) is 18.3 Å². The van der Waals surface area contributed by atoms with Crippen molar-refractivity contribution in [1.82, 2.24) is 4.90 Å². The summed E-state index contributed by atoms with van der Waals surface area (Å²) in [4.78, 5) is 15.0. The van der Waals surface area contributed by atoms with Crippen molar-refractivity contribution in [2.24, 2.45) is 0 Å². The fourth-order valence-electron chi connectivity index (χ4n) is 3.28. The van der Waals surface area contributed by atoms with Crippen LogP contribution in [0.15, 0.2) is 18.2 Å². The molecule has 140 valence electrons. The normalized spacial score (nSPS) is 18.6. The number of aliphatic hydroxyl groups is 1. The number of nitrogens with zero attached hydrogens (tertiary/aromatic N) is 3. The van der Waals surface area contributed by atoms with Crippen LogP contribution >= 0.6 is 0 Å². The summed E-state index contributed by atoms with van der Waals surface area (Å²) in [5.74, 6) is 0.474. The number of nitro groups is 1. The summed E-state index contributed by atoms with van der Waals surface area (Å²) in [5, 5.41) is 21.3. The highest BCUT2D eigenvalue weighted by molar-refractivity contribution is 5.63. The minimum Gasteiger partial charge on any atom is -0.488 e. The Kier molecular flexibility index (Phi) is 7.01. The summed E-state index contributed by atoms with van der Waals surface area (Å²) in [5.41, 5.74) is 0.870. The summed E-state index contributed by atoms with van der Waals surface area (Å²) in [6, 6.07) is 5.11. The number of nitro benzene ring substituents is 1. The topological polar surface area (TPSA) is 79.1 Å². The monoisotopic (exact) mass is 351 g/mol. The largest absolute Gasteiger partial charge is 0.488 e. The number of likely N-dealkylation sites (N-methyl/N-ethyl adjacent to an activating group) is 1. The quantitative estimate of drug-likeness (QED) is 0.544. The van der Waals surface area contributed by atoms with Gasteiger partial charge in [0, 0.05) is 25.2 Å². The Labute approximate surface area is 149 Å². The summed E-state index contributed by atoms with van der Waals surface area (Å²) in [6.07, 6.45) is 1.56. The molecule has 2 unspecified atom stereocenters. The van der Waals surface area contributed by atoms with Crippen molar-refractivity contribution in [1.29, 1.82) is 0 Å². The molecule has 0 aromatic heterocycles. The van der Waals surface area contributed by atoms with Gasteiger partial charge in [-0.15, -0.1) is 0 Å². The molecule has 1 aliphatic heterocycles. The highest BCUT2D eigenvalue weighted by atomic mass is 16.6. The lowest BCUT2D eigenvalue weighted by atomic mass is 10.2. The van der Waals surface area contributed by atoms with Gasteiger partial charge in [0.15, 0.2) is 0 Å². The van der Waals surface area contributed by atoms with Gasteiger partial charge in [-0.1, -0.05) is 13.8 Å². The van der Waals surface area contributed by atoms with Crippen LogP contribution in [0.4, 0.5) is 11.4 Å². The number of hydrogen-bond donors (Lipinski definition) is 1. The van der Waals surface area contributed by atoms with E-state index in [1.165, 1.54) is 12.1 Å². The van der Waals surface area contributed by atoms with E-state index in [9.17, 15) is 15.2 Å². The van der Waals surface area contributed by atoms with Gasteiger partial charge in [0.05, 0.1) is 16.7 Å². The molecule has 1 saturated heterocycles. The number of non-ortho nitro benzene ring substituents is 1. The Balaban J connectivity index is 2.13. The Bertz CT molecular complexity index is 577. The molecule has 1 aromatic rings. The summed E-state index contributed by atoms with van der Waals surface area (Å²) in [6.45, 7) is 9.52. The second-order valence-corrected chi connectivity index (χ2v) is 6.54.